The molecule has 2 aliphatic rings. The number of rotatable bonds is 5. The number of ketones is 1. The van der Waals surface area contributed by atoms with Crippen LogP contribution in [-0.4, -0.2) is 34.9 Å². The maximum atomic E-state index is 11.9. The lowest BCUT2D eigenvalue weighted by Gasteiger charge is -2.32. The Bertz CT molecular complexity index is 379. The van der Waals surface area contributed by atoms with Crippen LogP contribution < -0.4 is 10.6 Å². The highest BCUT2D eigenvalue weighted by molar-refractivity contribution is 8.00. The van der Waals surface area contributed by atoms with Crippen LogP contribution in [0.25, 0.3) is 0 Å². The monoisotopic (exact) mass is 298 g/mol. The lowest BCUT2D eigenvalue weighted by Crippen LogP contribution is -2.45. The Kier molecular flexibility index (Phi) is 4.99. The van der Waals surface area contributed by atoms with E-state index in [1.807, 2.05) is 32.5 Å². The molecule has 2 rings (SSSR count). The second-order valence-electron chi connectivity index (χ2n) is 6.87. The summed E-state index contributed by atoms with van der Waals surface area (Å²) in [6, 6.07) is 0.569. The summed E-state index contributed by atoms with van der Waals surface area (Å²) in [5.41, 5.74) is -0.214. The van der Waals surface area contributed by atoms with Gasteiger partial charge in [0.15, 0.2) is 0 Å². The number of carbonyl (C=O) groups is 2. The molecule has 0 saturated carbocycles. The molecule has 5 heteroatoms. The van der Waals surface area contributed by atoms with Crippen LogP contribution in [0.4, 0.5) is 4.79 Å². The van der Waals surface area contributed by atoms with E-state index in [9.17, 15) is 9.59 Å². The van der Waals surface area contributed by atoms with Gasteiger partial charge >= 0.3 is 6.03 Å². The van der Waals surface area contributed by atoms with Gasteiger partial charge in [-0.3, -0.25) is 4.79 Å². The second kappa shape index (κ2) is 6.37. The molecule has 0 spiro atoms. The average molecular weight is 298 g/mol. The quantitative estimate of drug-likeness (QED) is 0.767. The molecule has 0 aromatic rings. The number of hydrogen-bond acceptors (Lipinski definition) is 3. The zero-order valence-corrected chi connectivity index (χ0v) is 13.5. The topological polar surface area (TPSA) is 58.2 Å². The van der Waals surface area contributed by atoms with Crippen LogP contribution in [0.3, 0.4) is 0 Å². The summed E-state index contributed by atoms with van der Waals surface area (Å²) in [5.74, 6) is 1.47. The fraction of sp³-hybridized carbons (Fsp3) is 0.867. The van der Waals surface area contributed by atoms with Crippen molar-refractivity contribution in [1.82, 2.24) is 10.6 Å². The van der Waals surface area contributed by atoms with Gasteiger partial charge in [-0.2, -0.15) is 11.8 Å². The molecule has 2 aliphatic heterocycles. The molecule has 0 radical (unpaired) electrons. The normalized spacial score (nSPS) is 29.6. The molecule has 2 saturated heterocycles. The van der Waals surface area contributed by atoms with Gasteiger partial charge in [-0.05, 0) is 25.0 Å². The third-order valence-corrected chi connectivity index (χ3v) is 5.62. The molecule has 114 valence electrons. The Hall–Kier alpha value is -0.710. The van der Waals surface area contributed by atoms with Crippen molar-refractivity contribution in [3.8, 4) is 0 Å². The molecule has 2 fully saturated rings. The summed E-state index contributed by atoms with van der Waals surface area (Å²) >= 11 is 1.97. The highest BCUT2D eigenvalue weighted by Crippen LogP contribution is 2.32. The first-order valence-electron chi connectivity index (χ1n) is 7.60. The Morgan fingerprint density at radius 2 is 2.05 bits per heavy atom. The van der Waals surface area contributed by atoms with Gasteiger partial charge in [0.1, 0.15) is 5.78 Å². The van der Waals surface area contributed by atoms with Crippen LogP contribution in [0, 0.1) is 5.41 Å². The molecule has 0 aliphatic carbocycles. The van der Waals surface area contributed by atoms with E-state index >= 15 is 0 Å². The number of nitrogens with one attached hydrogen (secondary N) is 2. The SMILES string of the molecule is CC(C)(C)C(=O)CCCC[C@@H]1SCC[C@@H]2NC(=O)N[C@@H]21. The summed E-state index contributed by atoms with van der Waals surface area (Å²) in [6.07, 6.45) is 4.86. The van der Waals surface area contributed by atoms with E-state index in [4.69, 9.17) is 0 Å². The number of hydrogen-bond donors (Lipinski definition) is 2. The van der Waals surface area contributed by atoms with Crippen LogP contribution in [-0.2, 0) is 4.79 Å². The molecule has 0 aromatic carbocycles. The Labute approximate surface area is 125 Å². The Morgan fingerprint density at radius 3 is 2.75 bits per heavy atom. The number of Topliss-reactive ketones (excluding diaryl/α,β-unsaturated/α-hetero) is 1. The minimum Gasteiger partial charge on any atom is -0.333 e. The highest BCUT2D eigenvalue weighted by atomic mass is 32.2. The summed E-state index contributed by atoms with van der Waals surface area (Å²) < 4.78 is 0. The number of carbonyl (C=O) groups excluding carboxylic acids is 2. The lowest BCUT2D eigenvalue weighted by molar-refractivity contribution is -0.126. The van der Waals surface area contributed by atoms with Gasteiger partial charge in [-0.1, -0.05) is 27.2 Å². The van der Waals surface area contributed by atoms with E-state index < -0.39 is 0 Å². The number of amides is 2. The van der Waals surface area contributed by atoms with Crippen LogP contribution in [0.2, 0.25) is 0 Å². The van der Waals surface area contributed by atoms with Crippen molar-refractivity contribution in [2.24, 2.45) is 5.41 Å². The van der Waals surface area contributed by atoms with E-state index in [0.717, 1.165) is 31.4 Å². The van der Waals surface area contributed by atoms with Crippen LogP contribution in [0.15, 0.2) is 0 Å². The molecule has 0 unspecified atom stereocenters. The van der Waals surface area contributed by atoms with Crippen molar-refractivity contribution in [3.63, 3.8) is 0 Å². The summed E-state index contributed by atoms with van der Waals surface area (Å²) in [6.45, 7) is 5.95. The standard InChI is InChI=1S/C15H26N2O2S/c1-15(2,3)12(18)7-5-4-6-11-13-10(8-9-20-11)16-14(19)17-13/h10-11,13H,4-9H2,1-3H3,(H2,16,17,19)/t10-,11-,13-/m0/s1. The average Bonchev–Trinajstić information content (AvgIpc) is 2.74. The summed E-state index contributed by atoms with van der Waals surface area (Å²) in [7, 11) is 0. The molecule has 20 heavy (non-hydrogen) atoms. The first kappa shape index (κ1) is 15.7. The zero-order chi connectivity index (χ0) is 14.8. The van der Waals surface area contributed by atoms with Crippen molar-refractivity contribution in [3.05, 3.63) is 0 Å². The number of fused-ring (bicyclic) bond motifs is 1. The van der Waals surface area contributed by atoms with Gasteiger partial charge in [0, 0.05) is 17.1 Å². The second-order valence-corrected chi connectivity index (χ2v) is 8.21. The van der Waals surface area contributed by atoms with Gasteiger partial charge < -0.3 is 10.6 Å². The van der Waals surface area contributed by atoms with Crippen LogP contribution in [0.1, 0.15) is 52.9 Å². The molecule has 2 heterocycles. The first-order chi connectivity index (χ1) is 9.38. The molecule has 0 aromatic heterocycles. The fourth-order valence-electron chi connectivity index (χ4n) is 2.87. The largest absolute Gasteiger partial charge is 0.333 e. The lowest BCUT2D eigenvalue weighted by atomic mass is 9.87. The van der Waals surface area contributed by atoms with Crippen LogP contribution >= 0.6 is 11.8 Å². The smallest absolute Gasteiger partial charge is 0.315 e. The maximum absolute atomic E-state index is 11.9. The van der Waals surface area contributed by atoms with E-state index in [-0.39, 0.29) is 17.5 Å². The first-order valence-corrected chi connectivity index (χ1v) is 8.65. The van der Waals surface area contributed by atoms with Crippen molar-refractivity contribution >= 4 is 23.6 Å². The summed E-state index contributed by atoms with van der Waals surface area (Å²) in [4.78, 5) is 23.3. The number of urea groups is 1. The molecule has 2 amide bonds. The van der Waals surface area contributed by atoms with E-state index in [1.165, 1.54) is 0 Å². The van der Waals surface area contributed by atoms with E-state index in [0.29, 0.717) is 23.5 Å². The predicted octanol–water partition coefficient (Wildman–Crippen LogP) is 2.72. The van der Waals surface area contributed by atoms with E-state index in [2.05, 4.69) is 10.6 Å². The van der Waals surface area contributed by atoms with Crippen molar-refractivity contribution in [2.75, 3.05) is 5.75 Å². The maximum Gasteiger partial charge on any atom is 0.315 e. The molecule has 3 atom stereocenters. The van der Waals surface area contributed by atoms with Crippen molar-refractivity contribution < 1.29 is 9.59 Å². The van der Waals surface area contributed by atoms with Crippen LogP contribution in [0.5, 0.6) is 0 Å². The third kappa shape index (κ3) is 3.90. The van der Waals surface area contributed by atoms with Gasteiger partial charge in [0.2, 0.25) is 0 Å². The Morgan fingerprint density at radius 1 is 1.30 bits per heavy atom. The van der Waals surface area contributed by atoms with E-state index in [1.54, 1.807) is 0 Å². The molecule has 0 bridgehead atoms. The molecular formula is C15H26N2O2S. The summed E-state index contributed by atoms with van der Waals surface area (Å²) in [5, 5.41) is 6.54. The van der Waals surface area contributed by atoms with Gasteiger partial charge in [-0.25, -0.2) is 4.79 Å². The highest BCUT2D eigenvalue weighted by Gasteiger charge is 2.39. The molecular weight excluding hydrogens is 272 g/mol. The number of thioether (sulfide) groups is 1. The Balaban J connectivity index is 1.71. The third-order valence-electron chi connectivity index (χ3n) is 4.19. The predicted molar refractivity (Wildman–Crippen MR) is 83.0 cm³/mol. The minimum atomic E-state index is -0.214. The van der Waals surface area contributed by atoms with Gasteiger partial charge in [0.05, 0.1) is 12.1 Å². The molecule has 2 N–H and O–H groups in total. The zero-order valence-electron chi connectivity index (χ0n) is 12.7. The van der Waals surface area contributed by atoms with Crippen molar-refractivity contribution in [1.29, 1.82) is 0 Å². The van der Waals surface area contributed by atoms with Gasteiger partial charge in [-0.15, -0.1) is 0 Å². The van der Waals surface area contributed by atoms with Gasteiger partial charge in [0.25, 0.3) is 0 Å². The van der Waals surface area contributed by atoms with Crippen molar-refractivity contribution in [2.45, 2.75) is 70.2 Å². The minimum absolute atomic E-state index is 0.0181. The molecule has 4 nitrogen and oxygen atoms in total. The fourth-order valence-corrected chi connectivity index (χ4v) is 4.37. The number of unbranched alkanes of at least 4 members (excludes halogenated alkanes) is 1.